The van der Waals surface area contributed by atoms with Crippen molar-refractivity contribution in [3.05, 3.63) is 35.9 Å². The summed E-state index contributed by atoms with van der Waals surface area (Å²) in [5.41, 5.74) is 1.34. The molecule has 0 spiro atoms. The molecule has 13 heteroatoms. The Bertz CT molecular complexity index is 1370. The molecule has 13 nitrogen and oxygen atoms in total. The largest absolute Gasteiger partial charge is 0.391 e. The number of likely N-dealkylation sites (tertiary alicyclic amines) is 1. The van der Waals surface area contributed by atoms with Crippen LogP contribution in [0.3, 0.4) is 0 Å². The third-order valence-corrected chi connectivity index (χ3v) is 10.9. The molecule has 55 heavy (non-hydrogen) atoms. The van der Waals surface area contributed by atoms with Gasteiger partial charge in [-0.15, -0.1) is 0 Å². The van der Waals surface area contributed by atoms with Gasteiger partial charge in [-0.2, -0.15) is 0 Å². The van der Waals surface area contributed by atoms with Crippen LogP contribution in [0.1, 0.15) is 105 Å². The number of carbonyl (C=O) groups is 5. The van der Waals surface area contributed by atoms with Crippen LogP contribution in [0, 0.1) is 23.7 Å². The number of amides is 5. The van der Waals surface area contributed by atoms with Crippen molar-refractivity contribution in [1.82, 2.24) is 30.7 Å². The zero-order valence-electron chi connectivity index (χ0n) is 35.4. The molecular weight excluding hydrogens is 700 g/mol. The lowest BCUT2D eigenvalue weighted by atomic mass is 9.88. The van der Waals surface area contributed by atoms with Crippen molar-refractivity contribution in [3.8, 4) is 0 Å². The minimum absolute atomic E-state index is 0.0748. The third-order valence-electron chi connectivity index (χ3n) is 10.9. The first kappa shape index (κ1) is 47.6. The zero-order chi connectivity index (χ0) is 41.6. The van der Waals surface area contributed by atoms with Crippen LogP contribution in [0.2, 0.25) is 0 Å². The standard InChI is InChI=1S/C42H72N6O7/c1-26(2)17-18-34(50)44-33(25-27(3)4)41(54)46(10)36(28(5)6)42(55)47(11)37(40(53)45-35(30(8)49)39(52)43-9)38(51)29(7)19-22-48-23-20-32(21-24-48)31-15-13-12-14-16-31/h12-16,26-30,32-33,35-38,49,51H,17-25H2,1-11H3,(H,43,52)(H,44,50)(H,45,53)/t29-,30-,33+,35+,36+,37+,38-/m1/s1. The summed E-state index contributed by atoms with van der Waals surface area (Å²) in [5, 5.41) is 30.2. The molecule has 0 bridgehead atoms. The summed E-state index contributed by atoms with van der Waals surface area (Å²) in [4.78, 5) is 73.1. The Kier molecular flexibility index (Phi) is 19.8. The van der Waals surface area contributed by atoms with E-state index in [0.717, 1.165) is 30.8 Å². The van der Waals surface area contributed by atoms with E-state index in [4.69, 9.17) is 0 Å². The molecule has 0 saturated carbocycles. The van der Waals surface area contributed by atoms with Crippen molar-refractivity contribution in [2.24, 2.45) is 23.7 Å². The van der Waals surface area contributed by atoms with Gasteiger partial charge in [0.15, 0.2) is 0 Å². The van der Waals surface area contributed by atoms with E-state index in [9.17, 15) is 34.2 Å². The molecule has 5 N–H and O–H groups in total. The smallest absolute Gasteiger partial charge is 0.246 e. The van der Waals surface area contributed by atoms with Gasteiger partial charge in [0.2, 0.25) is 29.5 Å². The van der Waals surface area contributed by atoms with Gasteiger partial charge in [0.1, 0.15) is 24.2 Å². The van der Waals surface area contributed by atoms with Gasteiger partial charge < -0.3 is 40.9 Å². The predicted molar refractivity (Wildman–Crippen MR) is 216 cm³/mol. The molecule has 1 saturated heterocycles. The highest BCUT2D eigenvalue weighted by Gasteiger charge is 2.43. The maximum atomic E-state index is 14.5. The summed E-state index contributed by atoms with van der Waals surface area (Å²) in [7, 11) is 4.33. The number of hydrogen-bond donors (Lipinski definition) is 5. The SMILES string of the molecule is CNC(=O)[C@@H](NC(=O)[C@H]([C@H](O)[C@H](C)CCN1CCC(c2ccccc2)CC1)N(C)C(=O)[C@H](C(C)C)N(C)C(=O)[C@H](CC(C)C)NC(=O)CCC(C)C)[C@@H](C)O. The van der Waals surface area contributed by atoms with Crippen LogP contribution >= 0.6 is 0 Å². The summed E-state index contributed by atoms with van der Waals surface area (Å²) >= 11 is 0. The van der Waals surface area contributed by atoms with Crippen LogP contribution in [0.15, 0.2) is 30.3 Å². The third kappa shape index (κ3) is 14.5. The molecule has 1 heterocycles. The molecule has 0 radical (unpaired) electrons. The second-order valence-electron chi connectivity index (χ2n) is 16.8. The van der Waals surface area contributed by atoms with Crippen LogP contribution in [-0.4, -0.2) is 132 Å². The monoisotopic (exact) mass is 773 g/mol. The van der Waals surface area contributed by atoms with Crippen LogP contribution in [-0.2, 0) is 24.0 Å². The zero-order valence-corrected chi connectivity index (χ0v) is 35.4. The molecule has 1 fully saturated rings. The topological polar surface area (TPSA) is 172 Å². The number of benzene rings is 1. The van der Waals surface area contributed by atoms with Crippen LogP contribution < -0.4 is 16.0 Å². The van der Waals surface area contributed by atoms with Gasteiger partial charge in [-0.05, 0) is 93.8 Å². The summed E-state index contributed by atoms with van der Waals surface area (Å²) in [6.07, 6.45) is 1.29. The molecule has 1 aromatic rings. The maximum absolute atomic E-state index is 14.5. The number of piperidine rings is 1. The van der Waals surface area contributed by atoms with Crippen molar-refractivity contribution in [2.75, 3.05) is 40.8 Å². The Morgan fingerprint density at radius 2 is 1.36 bits per heavy atom. The van der Waals surface area contributed by atoms with Crippen molar-refractivity contribution >= 4 is 29.5 Å². The van der Waals surface area contributed by atoms with E-state index in [-0.39, 0.29) is 18.2 Å². The number of nitrogens with zero attached hydrogens (tertiary/aromatic N) is 3. The molecule has 2 rings (SSSR count). The summed E-state index contributed by atoms with van der Waals surface area (Å²) in [6, 6.07) is 5.80. The van der Waals surface area contributed by atoms with Crippen LogP contribution in [0.5, 0.6) is 0 Å². The summed E-state index contributed by atoms with van der Waals surface area (Å²) in [5.74, 6) is -2.64. The summed E-state index contributed by atoms with van der Waals surface area (Å²) < 4.78 is 0. The number of aliphatic hydroxyl groups is 2. The number of nitrogens with one attached hydrogen (secondary N) is 3. The second-order valence-corrected chi connectivity index (χ2v) is 16.8. The number of rotatable bonds is 21. The van der Waals surface area contributed by atoms with E-state index in [0.29, 0.717) is 37.6 Å². The molecule has 0 unspecified atom stereocenters. The Labute approximate surface area is 330 Å². The molecular formula is C42H72N6O7. The van der Waals surface area contributed by atoms with Crippen LogP contribution in [0.4, 0.5) is 0 Å². The van der Waals surface area contributed by atoms with Gasteiger partial charge >= 0.3 is 0 Å². The van der Waals surface area contributed by atoms with E-state index in [1.165, 1.54) is 38.5 Å². The van der Waals surface area contributed by atoms with E-state index in [2.05, 4.69) is 45.1 Å². The first-order valence-corrected chi connectivity index (χ1v) is 20.3. The molecule has 7 atom stereocenters. The number of hydrogen-bond acceptors (Lipinski definition) is 8. The number of aliphatic hydroxyl groups excluding tert-OH is 2. The van der Waals surface area contributed by atoms with E-state index in [1.54, 1.807) is 13.8 Å². The Morgan fingerprint density at radius 1 is 0.782 bits per heavy atom. The first-order valence-electron chi connectivity index (χ1n) is 20.3. The molecule has 0 aromatic heterocycles. The lowest BCUT2D eigenvalue weighted by Crippen LogP contribution is -2.64. The highest BCUT2D eigenvalue weighted by atomic mass is 16.3. The van der Waals surface area contributed by atoms with E-state index >= 15 is 0 Å². The van der Waals surface area contributed by atoms with Gasteiger partial charge in [-0.1, -0.05) is 78.8 Å². The molecule has 1 aliphatic rings. The molecule has 5 amide bonds. The van der Waals surface area contributed by atoms with Crippen molar-refractivity contribution in [3.63, 3.8) is 0 Å². The van der Waals surface area contributed by atoms with Gasteiger partial charge in [0, 0.05) is 27.6 Å². The highest BCUT2D eigenvalue weighted by molar-refractivity contribution is 5.96. The van der Waals surface area contributed by atoms with E-state index in [1.807, 2.05) is 40.7 Å². The average molecular weight is 773 g/mol. The van der Waals surface area contributed by atoms with Gasteiger partial charge in [-0.25, -0.2) is 0 Å². The fourth-order valence-corrected chi connectivity index (χ4v) is 7.45. The Hall–Kier alpha value is -3.55. The van der Waals surface area contributed by atoms with Gasteiger partial charge in [0.25, 0.3) is 0 Å². The minimum atomic E-state index is -1.45. The lowest BCUT2D eigenvalue weighted by molar-refractivity contribution is -0.154. The van der Waals surface area contributed by atoms with Gasteiger partial charge in [-0.3, -0.25) is 24.0 Å². The van der Waals surface area contributed by atoms with Crippen molar-refractivity contribution < 1.29 is 34.2 Å². The maximum Gasteiger partial charge on any atom is 0.246 e. The average Bonchev–Trinajstić information content (AvgIpc) is 3.14. The van der Waals surface area contributed by atoms with Crippen molar-refractivity contribution in [2.45, 2.75) is 136 Å². The Balaban J connectivity index is 2.34. The molecule has 312 valence electrons. The Morgan fingerprint density at radius 3 is 1.87 bits per heavy atom. The quantitative estimate of drug-likeness (QED) is 0.127. The predicted octanol–water partition coefficient (Wildman–Crippen LogP) is 3.14. The van der Waals surface area contributed by atoms with E-state index < -0.39 is 71.8 Å². The lowest BCUT2D eigenvalue weighted by Gasteiger charge is -2.40. The normalized spacial score (nSPS) is 17.8. The van der Waals surface area contributed by atoms with Crippen LogP contribution in [0.25, 0.3) is 0 Å². The first-order chi connectivity index (χ1) is 25.8. The molecule has 0 aliphatic carbocycles. The van der Waals surface area contributed by atoms with Crippen molar-refractivity contribution in [1.29, 1.82) is 0 Å². The fourth-order valence-electron chi connectivity index (χ4n) is 7.45. The second kappa shape index (κ2) is 22.9. The molecule has 1 aliphatic heterocycles. The summed E-state index contributed by atoms with van der Waals surface area (Å²) in [6.45, 7) is 17.2. The van der Waals surface area contributed by atoms with Gasteiger partial charge in [0.05, 0.1) is 12.2 Å². The number of likely N-dealkylation sites (N-methyl/N-ethyl adjacent to an activating group) is 3. The fraction of sp³-hybridized carbons (Fsp3) is 0.738. The highest BCUT2D eigenvalue weighted by Crippen LogP contribution is 2.29. The molecule has 1 aromatic carbocycles. The minimum Gasteiger partial charge on any atom is -0.391 e. The number of carbonyl (C=O) groups excluding carboxylic acids is 5.